The van der Waals surface area contributed by atoms with Gasteiger partial charge in [0, 0.05) is 18.9 Å². The van der Waals surface area contributed by atoms with Crippen LogP contribution in [0, 0.1) is 0 Å². The third kappa shape index (κ3) is 3.42. The van der Waals surface area contributed by atoms with Crippen molar-refractivity contribution in [2.24, 2.45) is 0 Å². The molecular formula is C9H14Cl2N2O. The summed E-state index contributed by atoms with van der Waals surface area (Å²) < 4.78 is 5.35. The summed E-state index contributed by atoms with van der Waals surface area (Å²) in [5.74, 6) is 0. The molecule has 0 radical (unpaired) electrons. The maximum absolute atomic E-state index is 5.35. The van der Waals surface area contributed by atoms with E-state index in [0.717, 1.165) is 19.8 Å². The van der Waals surface area contributed by atoms with Crippen molar-refractivity contribution < 1.29 is 4.74 Å². The van der Waals surface area contributed by atoms with Crippen LogP contribution in [0.25, 0.3) is 0 Å². The van der Waals surface area contributed by atoms with Crippen LogP contribution in [0.2, 0.25) is 0 Å². The average molecular weight is 237 g/mol. The maximum Gasteiger partial charge on any atom is 0.0662 e. The third-order valence-electron chi connectivity index (χ3n) is 2.03. The summed E-state index contributed by atoms with van der Waals surface area (Å²) in [6.45, 7) is 2.53. The van der Waals surface area contributed by atoms with E-state index in [2.05, 4.69) is 10.3 Å². The number of morpholine rings is 1. The Hall–Kier alpha value is -0.350. The predicted octanol–water partition coefficient (Wildman–Crippen LogP) is 1.59. The molecule has 1 aromatic rings. The zero-order valence-electron chi connectivity index (χ0n) is 7.68. The number of hydrogen-bond donors (Lipinski definition) is 1. The van der Waals surface area contributed by atoms with Gasteiger partial charge in [-0.3, -0.25) is 4.98 Å². The van der Waals surface area contributed by atoms with Gasteiger partial charge in [0.1, 0.15) is 0 Å². The second-order valence-corrected chi connectivity index (χ2v) is 2.86. The van der Waals surface area contributed by atoms with E-state index in [4.69, 9.17) is 4.74 Å². The fraction of sp³-hybridized carbons (Fsp3) is 0.444. The smallest absolute Gasteiger partial charge is 0.0662 e. The number of nitrogens with one attached hydrogen (secondary N) is 1. The molecule has 80 valence electrons. The number of nitrogens with zero attached hydrogens (tertiary/aromatic N) is 1. The van der Waals surface area contributed by atoms with Crippen LogP contribution in [-0.2, 0) is 4.74 Å². The van der Waals surface area contributed by atoms with E-state index in [9.17, 15) is 0 Å². The van der Waals surface area contributed by atoms with Crippen molar-refractivity contribution in [1.82, 2.24) is 10.3 Å². The molecule has 1 aliphatic heterocycles. The molecule has 0 aliphatic carbocycles. The fourth-order valence-corrected chi connectivity index (χ4v) is 1.38. The molecule has 1 aromatic heterocycles. The van der Waals surface area contributed by atoms with E-state index in [1.807, 2.05) is 24.5 Å². The van der Waals surface area contributed by atoms with E-state index < -0.39 is 0 Å². The minimum Gasteiger partial charge on any atom is -0.378 e. The van der Waals surface area contributed by atoms with Crippen LogP contribution in [0.3, 0.4) is 0 Å². The van der Waals surface area contributed by atoms with E-state index in [1.54, 1.807) is 0 Å². The minimum atomic E-state index is 0. The Labute approximate surface area is 96.1 Å². The molecule has 0 saturated carbocycles. The lowest BCUT2D eigenvalue weighted by Crippen LogP contribution is -2.34. The van der Waals surface area contributed by atoms with Crippen molar-refractivity contribution in [2.75, 3.05) is 19.8 Å². The van der Waals surface area contributed by atoms with E-state index in [1.165, 1.54) is 5.56 Å². The van der Waals surface area contributed by atoms with Crippen LogP contribution in [0.5, 0.6) is 0 Å². The predicted molar refractivity (Wildman–Crippen MR) is 60.3 cm³/mol. The van der Waals surface area contributed by atoms with Crippen molar-refractivity contribution in [2.45, 2.75) is 6.04 Å². The lowest BCUT2D eigenvalue weighted by Gasteiger charge is -2.23. The molecule has 1 fully saturated rings. The van der Waals surface area contributed by atoms with Crippen molar-refractivity contribution in [3.05, 3.63) is 30.1 Å². The zero-order valence-corrected chi connectivity index (χ0v) is 9.31. The lowest BCUT2D eigenvalue weighted by molar-refractivity contribution is 0.0768. The van der Waals surface area contributed by atoms with Gasteiger partial charge in [-0.05, 0) is 17.7 Å². The molecule has 1 saturated heterocycles. The van der Waals surface area contributed by atoms with Gasteiger partial charge in [0.05, 0.1) is 19.3 Å². The van der Waals surface area contributed by atoms with Gasteiger partial charge in [-0.1, -0.05) is 0 Å². The molecule has 2 heterocycles. The molecule has 0 spiro atoms. The normalized spacial score (nSPS) is 20.4. The van der Waals surface area contributed by atoms with E-state index in [0.29, 0.717) is 6.04 Å². The van der Waals surface area contributed by atoms with Gasteiger partial charge in [0.25, 0.3) is 0 Å². The molecule has 1 atom stereocenters. The number of aromatic nitrogens is 1. The standard InChI is InChI=1S/C9H12N2O.2ClH/c1-3-10-4-2-8(1)9-7-12-6-5-11-9;;/h1-4,9,11H,5-7H2;2*1H/t9-;;/m0../s1. The first-order valence-corrected chi connectivity index (χ1v) is 4.18. The molecule has 0 amide bonds. The molecule has 0 unspecified atom stereocenters. The molecule has 3 nitrogen and oxygen atoms in total. The summed E-state index contributed by atoms with van der Waals surface area (Å²) >= 11 is 0. The fourth-order valence-electron chi connectivity index (χ4n) is 1.38. The lowest BCUT2D eigenvalue weighted by atomic mass is 10.1. The van der Waals surface area contributed by atoms with Crippen molar-refractivity contribution in [1.29, 1.82) is 0 Å². The molecule has 1 N–H and O–H groups in total. The maximum atomic E-state index is 5.35. The summed E-state index contributed by atoms with van der Waals surface area (Å²) in [4.78, 5) is 3.97. The van der Waals surface area contributed by atoms with Gasteiger partial charge >= 0.3 is 0 Å². The Morgan fingerprint density at radius 2 is 2.00 bits per heavy atom. The third-order valence-corrected chi connectivity index (χ3v) is 2.03. The number of halogens is 2. The van der Waals surface area contributed by atoms with Crippen molar-refractivity contribution in [3.63, 3.8) is 0 Å². The topological polar surface area (TPSA) is 34.1 Å². The summed E-state index contributed by atoms with van der Waals surface area (Å²) in [6, 6.07) is 4.39. The summed E-state index contributed by atoms with van der Waals surface area (Å²) in [6.07, 6.45) is 3.62. The second-order valence-electron chi connectivity index (χ2n) is 2.86. The Morgan fingerprint density at radius 1 is 1.29 bits per heavy atom. The summed E-state index contributed by atoms with van der Waals surface area (Å²) in [5.41, 5.74) is 1.25. The van der Waals surface area contributed by atoms with Gasteiger partial charge in [-0.15, -0.1) is 24.8 Å². The highest BCUT2D eigenvalue weighted by Gasteiger charge is 2.13. The average Bonchev–Trinajstić information content (AvgIpc) is 2.21. The first-order chi connectivity index (χ1) is 5.97. The number of hydrogen-bond acceptors (Lipinski definition) is 3. The van der Waals surface area contributed by atoms with Crippen LogP contribution in [-0.4, -0.2) is 24.7 Å². The van der Waals surface area contributed by atoms with Crippen molar-refractivity contribution >= 4 is 24.8 Å². The first-order valence-electron chi connectivity index (χ1n) is 4.18. The highest BCUT2D eigenvalue weighted by atomic mass is 35.5. The van der Waals surface area contributed by atoms with Crippen molar-refractivity contribution in [3.8, 4) is 0 Å². The molecular weight excluding hydrogens is 223 g/mol. The number of ether oxygens (including phenoxy) is 1. The van der Waals surface area contributed by atoms with E-state index >= 15 is 0 Å². The first kappa shape index (κ1) is 13.7. The highest BCUT2D eigenvalue weighted by molar-refractivity contribution is 5.85. The number of rotatable bonds is 1. The summed E-state index contributed by atoms with van der Waals surface area (Å²) in [7, 11) is 0. The van der Waals surface area contributed by atoms with Gasteiger partial charge in [-0.25, -0.2) is 0 Å². The van der Waals surface area contributed by atoms with Gasteiger partial charge < -0.3 is 10.1 Å². The molecule has 2 rings (SSSR count). The zero-order chi connectivity index (χ0) is 8.23. The Balaban J connectivity index is 0.000000845. The van der Waals surface area contributed by atoms with Crippen LogP contribution < -0.4 is 5.32 Å². The van der Waals surface area contributed by atoms with Crippen LogP contribution >= 0.6 is 24.8 Å². The van der Waals surface area contributed by atoms with Gasteiger partial charge in [0.15, 0.2) is 0 Å². The van der Waals surface area contributed by atoms with Gasteiger partial charge in [0.2, 0.25) is 0 Å². The molecule has 1 aliphatic rings. The van der Waals surface area contributed by atoms with E-state index in [-0.39, 0.29) is 24.8 Å². The largest absolute Gasteiger partial charge is 0.378 e. The molecule has 5 heteroatoms. The minimum absolute atomic E-state index is 0. The molecule has 0 bridgehead atoms. The Bertz CT molecular complexity index is 240. The Kier molecular flexibility index (Phi) is 6.83. The quantitative estimate of drug-likeness (QED) is 0.805. The van der Waals surface area contributed by atoms with Crippen LogP contribution in [0.15, 0.2) is 24.5 Å². The second kappa shape index (κ2) is 7.01. The number of pyridine rings is 1. The molecule has 0 aromatic carbocycles. The van der Waals surface area contributed by atoms with Crippen LogP contribution in [0.1, 0.15) is 11.6 Å². The highest BCUT2D eigenvalue weighted by Crippen LogP contribution is 2.13. The monoisotopic (exact) mass is 236 g/mol. The molecule has 14 heavy (non-hydrogen) atoms. The van der Waals surface area contributed by atoms with Crippen LogP contribution in [0.4, 0.5) is 0 Å². The van der Waals surface area contributed by atoms with Gasteiger partial charge in [-0.2, -0.15) is 0 Å². The SMILES string of the molecule is Cl.Cl.c1cc([C@@H]2COCCN2)ccn1. The summed E-state index contributed by atoms with van der Waals surface area (Å²) in [5, 5.41) is 3.38. The Morgan fingerprint density at radius 3 is 2.57 bits per heavy atom.